The van der Waals surface area contributed by atoms with Crippen LogP contribution in [0.1, 0.15) is 87.8 Å². The van der Waals surface area contributed by atoms with Gasteiger partial charge in [0.1, 0.15) is 11.6 Å². The first-order valence-electron chi connectivity index (χ1n) is 8.97. The highest BCUT2D eigenvalue weighted by Crippen LogP contribution is 2.38. The Balaban J connectivity index is 3.09. The highest BCUT2D eigenvalue weighted by molar-refractivity contribution is 5.82. The summed E-state index contributed by atoms with van der Waals surface area (Å²) in [5.41, 5.74) is -0.539. The van der Waals surface area contributed by atoms with Crippen molar-refractivity contribution in [1.29, 1.82) is 0 Å². The van der Waals surface area contributed by atoms with Crippen LogP contribution in [0.15, 0.2) is 6.20 Å². The number of Topliss-reactive ketones (excluding diaryl/α,β-unsaturated/α-hetero) is 2. The van der Waals surface area contributed by atoms with Gasteiger partial charge in [0.2, 0.25) is 0 Å². The second-order valence-electron chi connectivity index (χ2n) is 9.98. The van der Waals surface area contributed by atoms with E-state index in [1.807, 2.05) is 38.6 Å². The third-order valence-electron chi connectivity index (χ3n) is 5.47. The molecule has 0 N–H and O–H groups in total. The Kier molecular flexibility index (Phi) is 5.73. The fourth-order valence-electron chi connectivity index (χ4n) is 3.48. The van der Waals surface area contributed by atoms with Crippen LogP contribution in [0.5, 0.6) is 0 Å². The van der Waals surface area contributed by atoms with Gasteiger partial charge in [0.05, 0.1) is 11.2 Å². The molecule has 1 rings (SSSR count). The average molecular weight is 350 g/mol. The Morgan fingerprint density at radius 1 is 0.880 bits per heavy atom. The number of aromatic nitrogens is 3. The molecule has 0 fully saturated rings. The molecule has 0 aliphatic carbocycles. The van der Waals surface area contributed by atoms with Crippen molar-refractivity contribution in [2.24, 2.45) is 10.8 Å². The molecule has 1 aromatic rings. The third-order valence-corrected chi connectivity index (χ3v) is 5.47. The van der Waals surface area contributed by atoms with Crippen molar-refractivity contribution in [3.8, 4) is 0 Å². The molecule has 0 atom stereocenters. The largest absolute Gasteiger partial charge is 0.299 e. The van der Waals surface area contributed by atoms with Crippen LogP contribution in [-0.2, 0) is 20.5 Å². The van der Waals surface area contributed by atoms with Gasteiger partial charge in [-0.15, -0.1) is 5.10 Å². The fraction of sp³-hybridized carbons (Fsp3) is 0.800. The van der Waals surface area contributed by atoms with Gasteiger partial charge in [0.15, 0.2) is 0 Å². The molecule has 0 amide bonds. The molecule has 0 spiro atoms. The van der Waals surface area contributed by atoms with Gasteiger partial charge >= 0.3 is 0 Å². The second-order valence-corrected chi connectivity index (χ2v) is 9.98. The van der Waals surface area contributed by atoms with Gasteiger partial charge in [0.25, 0.3) is 0 Å². The molecular formula is C20H35N3O2. The van der Waals surface area contributed by atoms with Gasteiger partial charge in [0, 0.05) is 22.4 Å². The maximum absolute atomic E-state index is 11.9. The molecule has 0 aliphatic heterocycles. The van der Waals surface area contributed by atoms with Crippen molar-refractivity contribution in [3.63, 3.8) is 0 Å². The zero-order valence-corrected chi connectivity index (χ0v) is 17.6. The highest BCUT2D eigenvalue weighted by atomic mass is 16.1. The summed E-state index contributed by atoms with van der Waals surface area (Å²) in [4.78, 5) is 23.8. The van der Waals surface area contributed by atoms with E-state index in [0.717, 1.165) is 5.69 Å². The molecule has 0 saturated carbocycles. The highest BCUT2D eigenvalue weighted by Gasteiger charge is 2.38. The Bertz CT molecular complexity index is 597. The number of rotatable bonds is 8. The minimum absolute atomic E-state index is 0.171. The SMILES string of the molecule is CC(=O)C(C)(C)CC(C)(C)c1cn(C(C)(C)CC(C)(C)C(C)=O)nn1. The molecule has 0 unspecified atom stereocenters. The van der Waals surface area contributed by atoms with Crippen LogP contribution >= 0.6 is 0 Å². The Morgan fingerprint density at radius 2 is 1.32 bits per heavy atom. The van der Waals surface area contributed by atoms with Gasteiger partial charge in [-0.05, 0) is 40.5 Å². The van der Waals surface area contributed by atoms with Crippen molar-refractivity contribution in [3.05, 3.63) is 11.9 Å². The van der Waals surface area contributed by atoms with Gasteiger partial charge in [-0.2, -0.15) is 0 Å². The first-order chi connectivity index (χ1) is 11.0. The summed E-state index contributed by atoms with van der Waals surface area (Å²) in [5.74, 6) is 0.348. The summed E-state index contributed by atoms with van der Waals surface area (Å²) in [6, 6.07) is 0. The van der Waals surface area contributed by atoms with Crippen molar-refractivity contribution < 1.29 is 9.59 Å². The molecule has 142 valence electrons. The smallest absolute Gasteiger partial charge is 0.135 e. The second kappa shape index (κ2) is 6.65. The molecule has 0 aliphatic rings. The van der Waals surface area contributed by atoms with E-state index in [0.29, 0.717) is 12.8 Å². The number of ketones is 2. The summed E-state index contributed by atoms with van der Waals surface area (Å²) in [7, 11) is 0. The maximum atomic E-state index is 11.9. The van der Waals surface area contributed by atoms with Crippen molar-refractivity contribution in [1.82, 2.24) is 15.0 Å². The van der Waals surface area contributed by atoms with E-state index >= 15 is 0 Å². The molecule has 0 aromatic carbocycles. The predicted molar refractivity (Wildman–Crippen MR) is 101 cm³/mol. The van der Waals surface area contributed by atoms with Gasteiger partial charge in [-0.1, -0.05) is 46.8 Å². The summed E-state index contributed by atoms with van der Waals surface area (Å²) in [6.07, 6.45) is 3.34. The molecular weight excluding hydrogens is 314 g/mol. The van der Waals surface area contributed by atoms with Crippen LogP contribution in [0.2, 0.25) is 0 Å². The summed E-state index contributed by atoms with van der Waals surface area (Å²) in [5, 5.41) is 8.73. The van der Waals surface area contributed by atoms with E-state index < -0.39 is 10.8 Å². The summed E-state index contributed by atoms with van der Waals surface area (Å²) in [6.45, 7) is 19.5. The molecule has 25 heavy (non-hydrogen) atoms. The van der Waals surface area contributed by atoms with E-state index in [4.69, 9.17) is 0 Å². The number of carbonyl (C=O) groups excluding carboxylic acids is 2. The zero-order valence-electron chi connectivity index (χ0n) is 17.6. The standard InChI is InChI=1S/C20H35N3O2/c1-14(24)17(3,4)12-19(7,8)16-11-23(22-21-16)20(9,10)13-18(5,6)15(2)25/h11H,12-13H2,1-10H3. The Hall–Kier alpha value is -1.52. The van der Waals surface area contributed by atoms with Crippen LogP contribution in [0.4, 0.5) is 0 Å². The normalized spacial score (nSPS) is 13.8. The minimum Gasteiger partial charge on any atom is -0.299 e. The quantitative estimate of drug-likeness (QED) is 0.702. The van der Waals surface area contributed by atoms with Crippen LogP contribution in [0.25, 0.3) is 0 Å². The van der Waals surface area contributed by atoms with Crippen molar-refractivity contribution >= 4 is 11.6 Å². The number of nitrogens with zero attached hydrogens (tertiary/aromatic N) is 3. The van der Waals surface area contributed by atoms with Gasteiger partial charge in [-0.25, -0.2) is 4.68 Å². The molecule has 5 heteroatoms. The topological polar surface area (TPSA) is 64.8 Å². The van der Waals surface area contributed by atoms with Crippen LogP contribution in [-0.4, -0.2) is 26.6 Å². The van der Waals surface area contributed by atoms with E-state index in [1.165, 1.54) is 0 Å². The van der Waals surface area contributed by atoms with Crippen molar-refractivity contribution in [2.75, 3.05) is 0 Å². The van der Waals surface area contributed by atoms with Crippen molar-refractivity contribution in [2.45, 2.75) is 93.0 Å². The Morgan fingerprint density at radius 3 is 1.76 bits per heavy atom. The molecule has 1 heterocycles. The first kappa shape index (κ1) is 21.5. The first-order valence-corrected chi connectivity index (χ1v) is 8.97. The van der Waals surface area contributed by atoms with Gasteiger partial charge in [-0.3, -0.25) is 9.59 Å². The zero-order chi connectivity index (χ0) is 19.8. The van der Waals surface area contributed by atoms with Crippen LogP contribution in [0, 0.1) is 10.8 Å². The Labute approximate surface area is 152 Å². The van der Waals surface area contributed by atoms with E-state index in [1.54, 1.807) is 13.8 Å². The third kappa shape index (κ3) is 4.99. The lowest BCUT2D eigenvalue weighted by Gasteiger charge is -2.33. The lowest BCUT2D eigenvalue weighted by molar-refractivity contribution is -0.126. The monoisotopic (exact) mass is 349 g/mol. The van der Waals surface area contributed by atoms with E-state index in [-0.39, 0.29) is 22.5 Å². The minimum atomic E-state index is -0.415. The van der Waals surface area contributed by atoms with Crippen LogP contribution in [0.3, 0.4) is 0 Å². The molecule has 0 saturated heterocycles. The predicted octanol–water partition coefficient (Wildman–Crippen LogP) is 4.30. The van der Waals surface area contributed by atoms with E-state index in [9.17, 15) is 9.59 Å². The number of carbonyl (C=O) groups is 2. The lowest BCUT2D eigenvalue weighted by Crippen LogP contribution is -2.36. The van der Waals surface area contributed by atoms with Gasteiger partial charge < -0.3 is 0 Å². The summed E-state index contributed by atoms with van der Waals surface area (Å²) >= 11 is 0. The van der Waals surface area contributed by atoms with E-state index in [2.05, 4.69) is 38.0 Å². The maximum Gasteiger partial charge on any atom is 0.135 e. The lowest BCUT2D eigenvalue weighted by atomic mass is 9.72. The molecule has 1 aromatic heterocycles. The summed E-state index contributed by atoms with van der Waals surface area (Å²) < 4.78 is 1.86. The number of hydrogen-bond acceptors (Lipinski definition) is 4. The average Bonchev–Trinajstić information content (AvgIpc) is 2.86. The fourth-order valence-corrected chi connectivity index (χ4v) is 3.48. The van der Waals surface area contributed by atoms with Crippen LogP contribution < -0.4 is 0 Å². The molecule has 0 bridgehead atoms. The molecule has 5 nitrogen and oxygen atoms in total. The number of hydrogen-bond donors (Lipinski definition) is 0. The molecule has 0 radical (unpaired) electrons.